The average molecular weight is 933 g/mol. The van der Waals surface area contributed by atoms with Crippen molar-refractivity contribution in [2.75, 3.05) is 26.9 Å². The topological polar surface area (TPSA) is 296 Å². The lowest BCUT2D eigenvalue weighted by atomic mass is 9.45. The Balaban J connectivity index is 1.06. The summed E-state index contributed by atoms with van der Waals surface area (Å²) >= 11 is 0. The molecule has 374 valence electrons. The van der Waals surface area contributed by atoms with E-state index in [-0.39, 0.29) is 47.7 Å². The minimum absolute atomic E-state index is 0.0938. The van der Waals surface area contributed by atoms with Crippen LogP contribution in [0.3, 0.4) is 0 Å². The van der Waals surface area contributed by atoms with Gasteiger partial charge < -0.3 is 94.1 Å². The number of hydrogen-bond acceptors (Lipinski definition) is 19. The van der Waals surface area contributed by atoms with Crippen molar-refractivity contribution in [1.29, 1.82) is 0 Å². The predicted octanol–water partition coefficient (Wildman–Crippen LogP) is -1.06. The van der Waals surface area contributed by atoms with Gasteiger partial charge in [-0.25, -0.2) is 0 Å². The van der Waals surface area contributed by atoms with Gasteiger partial charge in [-0.3, -0.25) is 0 Å². The van der Waals surface area contributed by atoms with Crippen molar-refractivity contribution in [1.82, 2.24) is 0 Å². The summed E-state index contributed by atoms with van der Waals surface area (Å²) in [6.07, 6.45) is -14.3. The Labute approximate surface area is 380 Å². The number of methoxy groups -OCH3 is 1. The van der Waals surface area contributed by atoms with Crippen molar-refractivity contribution in [3.63, 3.8) is 0 Å². The monoisotopic (exact) mass is 932 g/mol. The third-order valence-corrected chi connectivity index (χ3v) is 17.8. The molecule has 3 saturated carbocycles. The number of aliphatic hydroxyl groups excluding tert-OH is 11. The highest BCUT2D eigenvalue weighted by atomic mass is 16.7. The molecule has 0 amide bonds. The second-order valence-electron chi connectivity index (χ2n) is 21.3. The lowest BCUT2D eigenvalue weighted by molar-refractivity contribution is -0.383. The van der Waals surface area contributed by atoms with Crippen LogP contribution in [0.2, 0.25) is 0 Å². The van der Waals surface area contributed by atoms with Gasteiger partial charge in [0.15, 0.2) is 24.7 Å². The maximum Gasteiger partial charge on any atom is 0.187 e. The second-order valence-corrected chi connectivity index (χ2v) is 21.3. The first-order chi connectivity index (χ1) is 30.7. The Bertz CT molecular complexity index is 1670. The van der Waals surface area contributed by atoms with E-state index in [1.54, 1.807) is 7.11 Å². The first-order valence-electron chi connectivity index (χ1n) is 23.9. The Morgan fingerprint density at radius 3 is 2.11 bits per heavy atom. The zero-order valence-electron chi connectivity index (χ0n) is 38.4. The van der Waals surface area contributed by atoms with Crippen LogP contribution in [0.25, 0.3) is 0 Å². The standard InChI is InChI=1S/C46H76O19/c1-20(19-59-40-36(55)35(54)32(51)28(17-47)61-40)9-14-46(58-6)21(2)30-27(64-46)16-45(26-8-7-23-15-24(49)10-12-43(23,4)25(26)11-13-44(30,45)5)65-42-38(57)39(33(52)29(18-48)62-42)63-41-37(56)34(53)31(50)22(3)60-41/h7,20-22,24-42,47-57H,8-19H2,1-6H3/t20-,21-,22-,24-,25-,26+,27-,28+,29+,30-,31-,32+,33+,34+,35-,36+,37+,38+,39-,40+,41-,42-,43-,44+,45?,46+/m0/s1. The SMILES string of the molecule is CO[C@]1(CC[C@H](C)CO[C@@H]2O[C@H](CO)[C@@H](O)[C@H](O)[C@H]2O)O[C@H]2CC3(O[C@@H]4O[C@H](CO)[C@@H](O)[C@H](O[C@@H]5O[C@@H](C)[C@H](O)[C@@H](O)[C@H]5O)[C@H]4O)[C@@H]4CC=C5C[C@@H](O)CC[C@]5(C)[C@H]4CC[C@]3(C)[C@H]2[C@@H]1C. The van der Waals surface area contributed by atoms with Crippen LogP contribution in [-0.4, -0.2) is 199 Å². The van der Waals surface area contributed by atoms with Crippen LogP contribution in [0.15, 0.2) is 11.6 Å². The number of fused-ring (bicyclic) bond motifs is 7. The molecule has 7 fully saturated rings. The lowest BCUT2D eigenvalue weighted by Gasteiger charge is -2.64. The molecule has 8 aliphatic rings. The second kappa shape index (κ2) is 19.0. The molecule has 0 aromatic carbocycles. The Morgan fingerprint density at radius 2 is 1.42 bits per heavy atom. The fraction of sp³-hybridized carbons (Fsp3) is 0.957. The van der Waals surface area contributed by atoms with Gasteiger partial charge in [0.1, 0.15) is 67.1 Å². The van der Waals surface area contributed by atoms with Gasteiger partial charge in [0.2, 0.25) is 0 Å². The molecule has 11 N–H and O–H groups in total. The molecule has 0 aromatic rings. The zero-order valence-corrected chi connectivity index (χ0v) is 38.4. The molecule has 8 rings (SSSR count). The summed E-state index contributed by atoms with van der Waals surface area (Å²) in [6.45, 7) is 9.04. The van der Waals surface area contributed by atoms with E-state index in [1.165, 1.54) is 12.5 Å². The third-order valence-electron chi connectivity index (χ3n) is 17.8. The average Bonchev–Trinajstić information content (AvgIpc) is 3.71. The van der Waals surface area contributed by atoms with Crippen LogP contribution < -0.4 is 0 Å². The van der Waals surface area contributed by atoms with Gasteiger partial charge in [0, 0.05) is 37.2 Å². The fourth-order valence-electron chi connectivity index (χ4n) is 13.9. The molecular weight excluding hydrogens is 856 g/mol. The first-order valence-corrected chi connectivity index (χ1v) is 23.9. The highest BCUT2D eigenvalue weighted by Gasteiger charge is 2.76. The molecular formula is C46H76O19. The van der Waals surface area contributed by atoms with Gasteiger partial charge in [-0.2, -0.15) is 0 Å². The molecule has 0 aromatic heterocycles. The highest BCUT2D eigenvalue weighted by Crippen LogP contribution is 2.73. The molecule has 26 atom stereocenters. The van der Waals surface area contributed by atoms with E-state index in [4.69, 9.17) is 37.9 Å². The van der Waals surface area contributed by atoms with Crippen molar-refractivity contribution < 1.29 is 94.1 Å². The van der Waals surface area contributed by atoms with Gasteiger partial charge in [0.05, 0.1) is 43.7 Å². The number of aliphatic hydroxyl groups is 11. The molecule has 0 bridgehead atoms. The highest BCUT2D eigenvalue weighted by molar-refractivity contribution is 5.30. The van der Waals surface area contributed by atoms with Gasteiger partial charge in [-0.1, -0.05) is 39.3 Å². The summed E-state index contributed by atoms with van der Waals surface area (Å²) < 4.78 is 50.4. The van der Waals surface area contributed by atoms with Gasteiger partial charge >= 0.3 is 0 Å². The maximum absolute atomic E-state index is 12.2. The van der Waals surface area contributed by atoms with Gasteiger partial charge in [-0.15, -0.1) is 0 Å². The summed E-state index contributed by atoms with van der Waals surface area (Å²) in [4.78, 5) is 0. The van der Waals surface area contributed by atoms with Crippen LogP contribution in [-0.2, 0) is 37.9 Å². The van der Waals surface area contributed by atoms with E-state index in [0.717, 1.165) is 19.3 Å². The quantitative estimate of drug-likeness (QED) is 0.0982. The van der Waals surface area contributed by atoms with Gasteiger partial charge in [0.25, 0.3) is 0 Å². The molecule has 0 spiro atoms. The van der Waals surface area contributed by atoms with Crippen molar-refractivity contribution in [2.24, 2.45) is 40.4 Å². The summed E-state index contributed by atoms with van der Waals surface area (Å²) in [6, 6.07) is 0. The van der Waals surface area contributed by atoms with Crippen LogP contribution in [0.1, 0.15) is 92.4 Å². The summed E-state index contributed by atoms with van der Waals surface area (Å²) in [7, 11) is 1.64. The molecule has 1 unspecified atom stereocenters. The van der Waals surface area contributed by atoms with E-state index < -0.39 is 128 Å². The van der Waals surface area contributed by atoms with E-state index in [0.29, 0.717) is 38.5 Å². The molecule has 4 aliphatic carbocycles. The minimum Gasteiger partial charge on any atom is -0.394 e. The summed E-state index contributed by atoms with van der Waals surface area (Å²) in [5, 5.41) is 117. The first kappa shape index (κ1) is 50.4. The van der Waals surface area contributed by atoms with Crippen molar-refractivity contribution >= 4 is 0 Å². The van der Waals surface area contributed by atoms with Gasteiger partial charge in [-0.05, 0) is 75.0 Å². The fourth-order valence-corrected chi connectivity index (χ4v) is 13.9. The third kappa shape index (κ3) is 8.30. The van der Waals surface area contributed by atoms with E-state index in [1.807, 2.05) is 6.92 Å². The minimum atomic E-state index is -1.72. The summed E-state index contributed by atoms with van der Waals surface area (Å²) in [5.41, 5.74) is -0.567. The molecule has 19 nitrogen and oxygen atoms in total. The van der Waals surface area contributed by atoms with E-state index >= 15 is 0 Å². The van der Waals surface area contributed by atoms with Crippen LogP contribution in [0.5, 0.6) is 0 Å². The molecule has 0 radical (unpaired) electrons. The predicted molar refractivity (Wildman–Crippen MR) is 224 cm³/mol. The Morgan fingerprint density at radius 1 is 0.754 bits per heavy atom. The molecule has 4 saturated heterocycles. The van der Waals surface area contributed by atoms with E-state index in [9.17, 15) is 56.2 Å². The normalized spacial score (nSPS) is 54.8. The summed E-state index contributed by atoms with van der Waals surface area (Å²) in [5.74, 6) is -1.34. The number of hydrogen-bond donors (Lipinski definition) is 11. The molecule has 19 heteroatoms. The molecule has 65 heavy (non-hydrogen) atoms. The smallest absolute Gasteiger partial charge is 0.187 e. The maximum atomic E-state index is 12.2. The van der Waals surface area contributed by atoms with Crippen molar-refractivity contribution in [3.8, 4) is 0 Å². The Hall–Kier alpha value is -1.02. The Kier molecular flexibility index (Phi) is 14.7. The van der Waals surface area contributed by atoms with Crippen LogP contribution in [0.4, 0.5) is 0 Å². The molecule has 4 aliphatic heterocycles. The van der Waals surface area contributed by atoms with Crippen LogP contribution in [0, 0.1) is 40.4 Å². The largest absolute Gasteiger partial charge is 0.394 e. The lowest BCUT2D eigenvalue weighted by Crippen LogP contribution is -2.68. The number of rotatable bonds is 13. The molecule has 4 heterocycles. The van der Waals surface area contributed by atoms with Crippen LogP contribution >= 0.6 is 0 Å². The van der Waals surface area contributed by atoms with E-state index in [2.05, 4.69) is 26.8 Å². The number of allylic oxidation sites excluding steroid dienone is 1. The zero-order chi connectivity index (χ0) is 47.1. The van der Waals surface area contributed by atoms with Crippen molar-refractivity contribution in [2.45, 2.75) is 208 Å². The van der Waals surface area contributed by atoms with Crippen molar-refractivity contribution in [3.05, 3.63) is 11.6 Å². The number of ether oxygens (including phenoxy) is 8.